The Hall–Kier alpha value is -1.57. The molecule has 0 radical (unpaired) electrons. The second-order valence-corrected chi connectivity index (χ2v) is 6.25. The number of benzene rings is 1. The van der Waals surface area contributed by atoms with Gasteiger partial charge in [0.25, 0.3) is 0 Å². The van der Waals surface area contributed by atoms with Gasteiger partial charge in [-0.3, -0.25) is 0 Å². The first-order valence-corrected chi connectivity index (χ1v) is 7.49. The molecule has 2 aromatic rings. The van der Waals surface area contributed by atoms with Crippen LogP contribution in [0, 0.1) is 0 Å². The molecule has 0 spiro atoms. The van der Waals surface area contributed by atoms with Crippen LogP contribution < -0.4 is 11.1 Å². The number of rotatable bonds is 4. The first-order chi connectivity index (χ1) is 10.4. The number of nitrogens with one attached hydrogen (secondary N) is 1. The van der Waals surface area contributed by atoms with Crippen molar-refractivity contribution < 1.29 is 4.42 Å². The van der Waals surface area contributed by atoms with Gasteiger partial charge >= 0.3 is 0 Å². The van der Waals surface area contributed by atoms with Crippen LogP contribution in [0.25, 0.3) is 0 Å². The summed E-state index contributed by atoms with van der Waals surface area (Å²) < 4.78 is 5.68. The summed E-state index contributed by atoms with van der Waals surface area (Å²) in [4.78, 5) is 8.50. The molecule has 1 heterocycles. The molecule has 0 saturated heterocycles. The van der Waals surface area contributed by atoms with Crippen molar-refractivity contribution >= 4 is 35.6 Å². The SMILES string of the molecule is CCc1cccc(NC(N)=NCc2ncc(C(C)(C)C)o2)c1.I. The van der Waals surface area contributed by atoms with Gasteiger partial charge in [-0.2, -0.15) is 0 Å². The van der Waals surface area contributed by atoms with Crippen LogP contribution >= 0.6 is 24.0 Å². The van der Waals surface area contributed by atoms with Crippen molar-refractivity contribution in [3.63, 3.8) is 0 Å². The molecule has 3 N–H and O–H groups in total. The first kappa shape index (κ1) is 19.5. The number of halogens is 1. The minimum Gasteiger partial charge on any atom is -0.443 e. The molecule has 0 unspecified atom stereocenters. The van der Waals surface area contributed by atoms with E-state index in [0.29, 0.717) is 18.4 Å². The van der Waals surface area contributed by atoms with Gasteiger partial charge in [-0.1, -0.05) is 39.8 Å². The first-order valence-electron chi connectivity index (χ1n) is 7.49. The smallest absolute Gasteiger partial charge is 0.216 e. The van der Waals surface area contributed by atoms with Crippen molar-refractivity contribution in [2.45, 2.75) is 46.1 Å². The molecule has 0 amide bonds. The minimum atomic E-state index is -0.0562. The second kappa shape index (κ2) is 8.33. The Morgan fingerprint density at radius 3 is 2.70 bits per heavy atom. The number of hydrogen-bond acceptors (Lipinski definition) is 3. The third kappa shape index (κ3) is 5.85. The predicted molar refractivity (Wildman–Crippen MR) is 105 cm³/mol. The molecule has 2 rings (SSSR count). The van der Waals surface area contributed by atoms with E-state index in [0.717, 1.165) is 17.9 Å². The van der Waals surface area contributed by atoms with Crippen LogP contribution in [0.15, 0.2) is 39.9 Å². The monoisotopic (exact) mass is 428 g/mol. The van der Waals surface area contributed by atoms with E-state index in [9.17, 15) is 0 Å². The summed E-state index contributed by atoms with van der Waals surface area (Å²) in [5.74, 6) is 1.76. The Kier molecular flexibility index (Phi) is 7.05. The fraction of sp³-hybridized carbons (Fsp3) is 0.412. The number of nitrogens with zero attached hydrogens (tertiary/aromatic N) is 2. The van der Waals surface area contributed by atoms with Crippen molar-refractivity contribution in [2.24, 2.45) is 10.7 Å². The Morgan fingerprint density at radius 2 is 2.09 bits per heavy atom. The Morgan fingerprint density at radius 1 is 1.35 bits per heavy atom. The standard InChI is InChI=1S/C17H24N4O.HI/c1-5-12-7-6-8-13(9-12)21-16(18)20-11-15-19-10-14(22-15)17(2,3)4;/h6-10H,5,11H2,1-4H3,(H3,18,20,21);1H. The van der Waals surface area contributed by atoms with Gasteiger partial charge in [0.15, 0.2) is 5.96 Å². The minimum absolute atomic E-state index is 0. The molecule has 0 fully saturated rings. The van der Waals surface area contributed by atoms with E-state index in [1.165, 1.54) is 5.56 Å². The van der Waals surface area contributed by atoms with Gasteiger partial charge in [0.05, 0.1) is 6.20 Å². The summed E-state index contributed by atoms with van der Waals surface area (Å²) in [6, 6.07) is 8.10. The van der Waals surface area contributed by atoms with E-state index in [2.05, 4.69) is 55.1 Å². The lowest BCUT2D eigenvalue weighted by Gasteiger charge is -2.12. The third-order valence-electron chi connectivity index (χ3n) is 3.29. The van der Waals surface area contributed by atoms with Gasteiger partial charge in [0.1, 0.15) is 12.3 Å². The van der Waals surface area contributed by atoms with Crippen molar-refractivity contribution in [1.29, 1.82) is 0 Å². The molecular weight excluding hydrogens is 403 g/mol. The molecule has 0 saturated carbocycles. The number of aromatic nitrogens is 1. The maximum atomic E-state index is 5.91. The van der Waals surface area contributed by atoms with Crippen molar-refractivity contribution in [3.05, 3.63) is 47.7 Å². The highest BCUT2D eigenvalue weighted by molar-refractivity contribution is 14.0. The number of hydrogen-bond donors (Lipinski definition) is 2. The van der Waals surface area contributed by atoms with Crippen LogP contribution in [0.2, 0.25) is 0 Å². The highest BCUT2D eigenvalue weighted by Crippen LogP contribution is 2.22. The zero-order valence-electron chi connectivity index (χ0n) is 14.1. The summed E-state index contributed by atoms with van der Waals surface area (Å²) in [6.45, 7) is 8.68. The molecule has 0 bridgehead atoms. The van der Waals surface area contributed by atoms with E-state index in [-0.39, 0.29) is 29.4 Å². The third-order valence-corrected chi connectivity index (χ3v) is 3.29. The Balaban J connectivity index is 0.00000264. The van der Waals surface area contributed by atoms with E-state index in [4.69, 9.17) is 10.2 Å². The molecule has 23 heavy (non-hydrogen) atoms. The van der Waals surface area contributed by atoms with Gasteiger partial charge in [-0.05, 0) is 24.1 Å². The van der Waals surface area contributed by atoms with Crippen LogP contribution in [0.3, 0.4) is 0 Å². The molecule has 0 aliphatic carbocycles. The summed E-state index contributed by atoms with van der Waals surface area (Å²) >= 11 is 0. The van der Waals surface area contributed by atoms with Crippen LogP contribution in [0.1, 0.15) is 44.9 Å². The summed E-state index contributed by atoms with van der Waals surface area (Å²) in [6.07, 6.45) is 2.73. The molecular formula is C17H25IN4O. The Bertz CT molecular complexity index is 659. The molecule has 6 heteroatoms. The van der Waals surface area contributed by atoms with Crippen LogP contribution in [0.4, 0.5) is 5.69 Å². The second-order valence-electron chi connectivity index (χ2n) is 6.25. The summed E-state index contributed by atoms with van der Waals surface area (Å²) in [7, 11) is 0. The molecule has 1 aromatic heterocycles. The van der Waals surface area contributed by atoms with E-state index >= 15 is 0 Å². The fourth-order valence-electron chi connectivity index (χ4n) is 1.94. The lowest BCUT2D eigenvalue weighted by molar-refractivity contribution is 0.383. The lowest BCUT2D eigenvalue weighted by Crippen LogP contribution is -2.22. The molecule has 1 aromatic carbocycles. The highest BCUT2D eigenvalue weighted by atomic mass is 127. The topological polar surface area (TPSA) is 76.4 Å². The summed E-state index contributed by atoms with van der Waals surface area (Å²) in [5, 5.41) is 3.08. The Labute approximate surface area is 154 Å². The van der Waals surface area contributed by atoms with Crippen molar-refractivity contribution in [1.82, 2.24) is 4.98 Å². The molecule has 5 nitrogen and oxygen atoms in total. The zero-order chi connectivity index (χ0) is 16.2. The number of anilines is 1. The van der Waals surface area contributed by atoms with Crippen LogP contribution in [0.5, 0.6) is 0 Å². The maximum Gasteiger partial charge on any atom is 0.216 e. The average molecular weight is 428 g/mol. The fourth-order valence-corrected chi connectivity index (χ4v) is 1.94. The zero-order valence-corrected chi connectivity index (χ0v) is 16.4. The van der Waals surface area contributed by atoms with Gasteiger partial charge in [0, 0.05) is 11.1 Å². The molecule has 0 aliphatic rings. The van der Waals surface area contributed by atoms with Crippen LogP contribution in [-0.4, -0.2) is 10.9 Å². The van der Waals surface area contributed by atoms with Crippen LogP contribution in [-0.2, 0) is 18.4 Å². The normalized spacial score (nSPS) is 11.9. The molecule has 0 atom stereocenters. The lowest BCUT2D eigenvalue weighted by atomic mass is 9.94. The van der Waals surface area contributed by atoms with Gasteiger partial charge < -0.3 is 15.5 Å². The molecule has 126 valence electrons. The van der Waals surface area contributed by atoms with E-state index in [1.54, 1.807) is 6.20 Å². The largest absolute Gasteiger partial charge is 0.443 e. The summed E-state index contributed by atoms with van der Waals surface area (Å²) in [5.41, 5.74) is 8.03. The van der Waals surface area contributed by atoms with E-state index in [1.807, 2.05) is 12.1 Å². The van der Waals surface area contributed by atoms with Gasteiger partial charge in [0.2, 0.25) is 5.89 Å². The highest BCUT2D eigenvalue weighted by Gasteiger charge is 2.18. The molecule has 0 aliphatic heterocycles. The number of aliphatic imine (C=N–C) groups is 1. The van der Waals surface area contributed by atoms with E-state index < -0.39 is 0 Å². The number of guanidine groups is 1. The quantitative estimate of drug-likeness (QED) is 0.437. The maximum absolute atomic E-state index is 5.91. The van der Waals surface area contributed by atoms with Crippen molar-refractivity contribution in [3.8, 4) is 0 Å². The number of oxazole rings is 1. The van der Waals surface area contributed by atoms with Gasteiger partial charge in [-0.15, -0.1) is 24.0 Å². The number of aryl methyl sites for hydroxylation is 1. The number of nitrogens with two attached hydrogens (primary N) is 1. The average Bonchev–Trinajstić information content (AvgIpc) is 2.94. The van der Waals surface area contributed by atoms with Gasteiger partial charge in [-0.25, -0.2) is 9.98 Å². The predicted octanol–water partition coefficient (Wildman–Crippen LogP) is 4.08. The van der Waals surface area contributed by atoms with Crippen molar-refractivity contribution in [2.75, 3.05) is 5.32 Å².